The number of primary amides is 1. The van der Waals surface area contributed by atoms with Gasteiger partial charge in [0.1, 0.15) is 12.1 Å². The Morgan fingerprint density at radius 2 is 2.19 bits per heavy atom. The van der Waals surface area contributed by atoms with Crippen LogP contribution in [0.4, 0.5) is 0 Å². The van der Waals surface area contributed by atoms with Gasteiger partial charge in [-0.15, -0.1) is 0 Å². The van der Waals surface area contributed by atoms with Crippen molar-refractivity contribution >= 4 is 17.0 Å². The lowest BCUT2D eigenvalue weighted by Gasteiger charge is -2.26. The first-order valence-electron chi connectivity index (χ1n) is 9.93. The van der Waals surface area contributed by atoms with E-state index in [9.17, 15) is 14.9 Å². The zero-order valence-corrected chi connectivity index (χ0v) is 17.0. The van der Waals surface area contributed by atoms with Crippen LogP contribution in [0.25, 0.3) is 22.4 Å². The second kappa shape index (κ2) is 8.67. The number of carbonyl (C=O) groups is 1. The van der Waals surface area contributed by atoms with E-state index in [-0.39, 0.29) is 6.54 Å². The number of aromatic nitrogens is 3. The molecule has 1 aliphatic heterocycles. The number of oxazole rings is 1. The molecule has 10 heteroatoms. The van der Waals surface area contributed by atoms with Crippen molar-refractivity contribution in [3.8, 4) is 17.3 Å². The highest BCUT2D eigenvalue weighted by Gasteiger charge is 2.28. The van der Waals surface area contributed by atoms with Crippen LogP contribution in [0, 0.1) is 11.3 Å². The molecule has 0 aliphatic carbocycles. The first kappa shape index (κ1) is 20.7. The molecule has 1 saturated heterocycles. The van der Waals surface area contributed by atoms with Crippen molar-refractivity contribution in [1.29, 1.82) is 5.26 Å². The fourth-order valence-corrected chi connectivity index (χ4v) is 3.67. The zero-order chi connectivity index (χ0) is 22.0. The van der Waals surface area contributed by atoms with Crippen LogP contribution in [0.3, 0.4) is 0 Å². The Balaban J connectivity index is 1.51. The Hall–Kier alpha value is -3.55. The number of hydrogen-bond acceptors (Lipinski definition) is 8. The van der Waals surface area contributed by atoms with E-state index in [0.29, 0.717) is 48.5 Å². The summed E-state index contributed by atoms with van der Waals surface area (Å²) < 4.78 is 12.0. The summed E-state index contributed by atoms with van der Waals surface area (Å²) in [5, 5.41) is 18.3. The monoisotopic (exact) mass is 422 g/mol. The van der Waals surface area contributed by atoms with Gasteiger partial charge in [-0.1, -0.05) is 0 Å². The molecule has 0 unspecified atom stereocenters. The molecular formula is C21H22N6O4. The molecule has 0 saturated carbocycles. The minimum Gasteiger partial charge on any atom is -0.408 e. The molecule has 0 radical (unpaired) electrons. The highest BCUT2D eigenvalue weighted by molar-refractivity contribution is 5.80. The van der Waals surface area contributed by atoms with Crippen LogP contribution in [0.2, 0.25) is 0 Å². The average Bonchev–Trinajstić information content (AvgIpc) is 2.94. The summed E-state index contributed by atoms with van der Waals surface area (Å²) in [7, 11) is 1.64. The van der Waals surface area contributed by atoms with Crippen LogP contribution in [0.1, 0.15) is 12.1 Å². The number of hydrogen-bond donors (Lipinski definition) is 1. The summed E-state index contributed by atoms with van der Waals surface area (Å²) >= 11 is 0. The quantitative estimate of drug-likeness (QED) is 0.630. The number of nitrogens with zero attached hydrogens (tertiary/aromatic N) is 5. The molecule has 10 nitrogen and oxygen atoms in total. The second-order valence-electron chi connectivity index (χ2n) is 7.48. The molecule has 2 N–H and O–H groups in total. The van der Waals surface area contributed by atoms with Crippen molar-refractivity contribution in [3.63, 3.8) is 0 Å². The number of fused-ring (bicyclic) bond motifs is 1. The van der Waals surface area contributed by atoms with E-state index in [4.69, 9.17) is 14.9 Å². The van der Waals surface area contributed by atoms with Gasteiger partial charge in [0.2, 0.25) is 5.91 Å². The smallest absolute Gasteiger partial charge is 0.408 e. The van der Waals surface area contributed by atoms with Gasteiger partial charge in [0, 0.05) is 38.7 Å². The van der Waals surface area contributed by atoms with Crippen LogP contribution >= 0.6 is 0 Å². The normalized spacial score (nSPS) is 18.4. The summed E-state index contributed by atoms with van der Waals surface area (Å²) in [6.45, 7) is 1.35. The highest BCUT2D eigenvalue weighted by atomic mass is 16.5. The van der Waals surface area contributed by atoms with Crippen molar-refractivity contribution in [2.45, 2.75) is 25.0 Å². The lowest BCUT2D eigenvalue weighted by atomic mass is 10.1. The van der Waals surface area contributed by atoms with E-state index < -0.39 is 23.8 Å². The molecule has 0 bridgehead atoms. The summed E-state index contributed by atoms with van der Waals surface area (Å²) in [6.07, 6.45) is 0.358. The van der Waals surface area contributed by atoms with Crippen LogP contribution in [-0.2, 0) is 23.0 Å². The molecule has 1 aliphatic rings. The summed E-state index contributed by atoms with van der Waals surface area (Å²) in [5.41, 5.74) is 8.67. The standard InChI is InChI=1S/C21H22N6O4/c1-26-17-9-13(3-6-18(17)31-21(26)29)16-5-4-14(24-25-16)10-15(11-22)27-7-2-8-30-19(12-27)20(23)28/h3-6,9,15,19H,2,7-8,10,12H2,1H3,(H2,23,28)/t15-,19+/m1/s1. The van der Waals surface area contributed by atoms with E-state index in [1.165, 1.54) is 4.57 Å². The van der Waals surface area contributed by atoms with Crippen molar-refractivity contribution in [3.05, 3.63) is 46.6 Å². The van der Waals surface area contributed by atoms with Gasteiger partial charge in [-0.25, -0.2) is 4.79 Å². The van der Waals surface area contributed by atoms with Gasteiger partial charge in [0.05, 0.1) is 23.0 Å². The maximum absolute atomic E-state index is 11.7. The first-order chi connectivity index (χ1) is 15.0. The molecule has 4 rings (SSSR count). The topological polar surface area (TPSA) is 140 Å². The Morgan fingerprint density at radius 3 is 2.90 bits per heavy atom. The lowest BCUT2D eigenvalue weighted by molar-refractivity contribution is -0.129. The SMILES string of the molecule is Cn1c(=O)oc2ccc(-c3ccc(C[C@H](C#N)N4CCCO[C@H](C(N)=O)C4)nn3)cc21. The molecule has 1 amide bonds. The third-order valence-electron chi connectivity index (χ3n) is 5.43. The Bertz CT molecular complexity index is 1190. The molecule has 0 spiro atoms. The van der Waals surface area contributed by atoms with Crippen LogP contribution in [0.15, 0.2) is 39.5 Å². The largest absolute Gasteiger partial charge is 0.419 e. The van der Waals surface area contributed by atoms with Gasteiger partial charge in [-0.05, 0) is 36.8 Å². The molecule has 160 valence electrons. The number of nitriles is 1. The maximum atomic E-state index is 11.7. The number of amides is 1. The number of rotatable bonds is 5. The van der Waals surface area contributed by atoms with Gasteiger partial charge in [0.15, 0.2) is 5.58 Å². The minimum atomic E-state index is -0.722. The second-order valence-corrected chi connectivity index (χ2v) is 7.48. The van der Waals surface area contributed by atoms with Crippen molar-refractivity contribution < 1.29 is 13.9 Å². The Morgan fingerprint density at radius 1 is 1.35 bits per heavy atom. The number of ether oxygens (including phenoxy) is 1. The van der Waals surface area contributed by atoms with E-state index in [1.807, 2.05) is 29.2 Å². The maximum Gasteiger partial charge on any atom is 0.419 e. The third-order valence-corrected chi connectivity index (χ3v) is 5.43. The van der Waals surface area contributed by atoms with E-state index in [1.54, 1.807) is 13.1 Å². The summed E-state index contributed by atoms with van der Waals surface area (Å²) in [5.74, 6) is -0.951. The van der Waals surface area contributed by atoms with Crippen molar-refractivity contribution in [1.82, 2.24) is 19.7 Å². The fraction of sp³-hybridized carbons (Fsp3) is 0.381. The predicted octanol–water partition coefficient (Wildman–Crippen LogP) is 0.599. The highest BCUT2D eigenvalue weighted by Crippen LogP contribution is 2.22. The summed E-state index contributed by atoms with van der Waals surface area (Å²) in [4.78, 5) is 25.1. The lowest BCUT2D eigenvalue weighted by Crippen LogP contribution is -2.45. The Kier molecular flexibility index (Phi) is 5.79. The number of aryl methyl sites for hydroxylation is 1. The third kappa shape index (κ3) is 4.33. The molecular weight excluding hydrogens is 400 g/mol. The van der Waals surface area contributed by atoms with Gasteiger partial charge in [0.25, 0.3) is 0 Å². The predicted molar refractivity (Wildman–Crippen MR) is 111 cm³/mol. The first-order valence-corrected chi connectivity index (χ1v) is 9.93. The van der Waals surface area contributed by atoms with Crippen molar-refractivity contribution in [2.75, 3.05) is 19.7 Å². The molecule has 3 aromatic rings. The molecule has 3 heterocycles. The number of benzene rings is 1. The zero-order valence-electron chi connectivity index (χ0n) is 17.0. The van der Waals surface area contributed by atoms with E-state index >= 15 is 0 Å². The summed E-state index contributed by atoms with van der Waals surface area (Å²) in [6, 6.07) is 10.8. The Labute approximate surface area is 177 Å². The van der Waals surface area contributed by atoms with Crippen LogP contribution in [0.5, 0.6) is 0 Å². The molecule has 31 heavy (non-hydrogen) atoms. The van der Waals surface area contributed by atoms with Gasteiger partial charge in [-0.2, -0.15) is 15.5 Å². The van der Waals surface area contributed by atoms with Crippen molar-refractivity contribution in [2.24, 2.45) is 12.8 Å². The number of carbonyl (C=O) groups excluding carboxylic acids is 1. The molecule has 2 atom stereocenters. The minimum absolute atomic E-state index is 0.280. The number of nitrogens with two attached hydrogens (primary N) is 1. The molecule has 1 aromatic carbocycles. The fourth-order valence-electron chi connectivity index (χ4n) is 3.67. The van der Waals surface area contributed by atoms with E-state index in [0.717, 1.165) is 5.56 Å². The van der Waals surface area contributed by atoms with Gasteiger partial charge < -0.3 is 14.9 Å². The van der Waals surface area contributed by atoms with E-state index in [2.05, 4.69) is 16.3 Å². The van der Waals surface area contributed by atoms with Gasteiger partial charge >= 0.3 is 5.76 Å². The molecule has 1 fully saturated rings. The molecule has 2 aromatic heterocycles. The van der Waals surface area contributed by atoms with Crippen LogP contribution < -0.4 is 11.5 Å². The van der Waals surface area contributed by atoms with Gasteiger partial charge in [-0.3, -0.25) is 14.3 Å². The van der Waals surface area contributed by atoms with Crippen LogP contribution in [-0.4, -0.2) is 57.4 Å². The average molecular weight is 422 g/mol.